The molecule has 0 aromatic heterocycles. The second kappa shape index (κ2) is 4.03. The van der Waals surface area contributed by atoms with Gasteiger partial charge in [0.15, 0.2) is 0 Å². The minimum atomic E-state index is -3.26. The number of hydrogen-bond acceptors (Lipinski definition) is 4. The summed E-state index contributed by atoms with van der Waals surface area (Å²) in [6, 6.07) is -0.145. The van der Waals surface area contributed by atoms with Crippen molar-refractivity contribution in [3.05, 3.63) is 0 Å². The predicted octanol–water partition coefficient (Wildman–Crippen LogP) is 1.12. The first-order chi connectivity index (χ1) is 8.28. The quantitative estimate of drug-likeness (QED) is 0.527. The molecular formula is C11H18INO4S. The van der Waals surface area contributed by atoms with Crippen LogP contribution in [0, 0.1) is 0 Å². The summed E-state index contributed by atoms with van der Waals surface area (Å²) in [6.07, 6.45) is 0.214. The van der Waals surface area contributed by atoms with Gasteiger partial charge in [0.1, 0.15) is 11.4 Å². The number of nitrogens with zero attached hydrogens (tertiary/aromatic N) is 1. The summed E-state index contributed by atoms with van der Waals surface area (Å²) >= 11 is 2.15. The maximum atomic E-state index is 12.6. The Hall–Kier alpha value is 0.560. The van der Waals surface area contributed by atoms with Crippen molar-refractivity contribution < 1.29 is 17.9 Å². The van der Waals surface area contributed by atoms with Gasteiger partial charge in [0.25, 0.3) is 0 Å². The van der Waals surface area contributed by atoms with E-state index in [9.17, 15) is 8.42 Å². The van der Waals surface area contributed by atoms with Gasteiger partial charge < -0.3 is 9.47 Å². The van der Waals surface area contributed by atoms with Gasteiger partial charge in [-0.2, -0.15) is 4.31 Å². The van der Waals surface area contributed by atoms with Crippen LogP contribution in [-0.4, -0.2) is 52.5 Å². The largest absolute Gasteiger partial charge is 0.369 e. The summed E-state index contributed by atoms with van der Waals surface area (Å²) in [6.45, 7) is 5.80. The van der Waals surface area contributed by atoms with Crippen molar-refractivity contribution in [3.8, 4) is 0 Å². The third-order valence-corrected chi connectivity index (χ3v) is 6.97. The van der Waals surface area contributed by atoms with Gasteiger partial charge >= 0.3 is 0 Å². The highest BCUT2D eigenvalue weighted by molar-refractivity contribution is 14.1. The van der Waals surface area contributed by atoms with Crippen LogP contribution in [0.5, 0.6) is 0 Å². The number of alkyl halides is 1. The fourth-order valence-corrected chi connectivity index (χ4v) is 6.65. The van der Waals surface area contributed by atoms with Gasteiger partial charge in [-0.05, 0) is 27.2 Å². The molecule has 5 unspecified atom stereocenters. The molecule has 0 N–H and O–H groups in total. The average Bonchev–Trinajstić information content (AvgIpc) is 2.79. The van der Waals surface area contributed by atoms with E-state index in [1.807, 2.05) is 20.8 Å². The monoisotopic (exact) mass is 387 g/mol. The maximum absolute atomic E-state index is 12.6. The second-order valence-electron chi connectivity index (χ2n) is 6.16. The molecule has 3 rings (SSSR count). The van der Waals surface area contributed by atoms with Crippen molar-refractivity contribution in [1.29, 1.82) is 0 Å². The van der Waals surface area contributed by atoms with E-state index in [0.717, 1.165) is 0 Å². The van der Waals surface area contributed by atoms with Crippen LogP contribution in [0.25, 0.3) is 0 Å². The molecule has 2 bridgehead atoms. The Bertz CT molecular complexity index is 460. The van der Waals surface area contributed by atoms with Crippen LogP contribution in [0.1, 0.15) is 27.2 Å². The molecule has 3 aliphatic heterocycles. The molecule has 0 amide bonds. The van der Waals surface area contributed by atoms with Crippen LogP contribution >= 0.6 is 22.6 Å². The fraction of sp³-hybridized carbons (Fsp3) is 1.00. The van der Waals surface area contributed by atoms with E-state index in [0.29, 0.717) is 11.0 Å². The molecule has 0 aliphatic carbocycles. The normalized spacial score (nSPS) is 45.9. The molecule has 0 radical (unpaired) electrons. The van der Waals surface area contributed by atoms with Gasteiger partial charge in [-0.25, -0.2) is 8.42 Å². The molecule has 0 spiro atoms. The van der Waals surface area contributed by atoms with Crippen molar-refractivity contribution in [3.63, 3.8) is 0 Å². The molecular weight excluding hydrogens is 369 g/mol. The molecule has 3 heterocycles. The van der Waals surface area contributed by atoms with E-state index in [2.05, 4.69) is 22.6 Å². The number of ether oxygens (including phenoxy) is 2. The van der Waals surface area contributed by atoms with E-state index >= 15 is 0 Å². The number of rotatable bonds is 2. The lowest BCUT2D eigenvalue weighted by atomic mass is 9.90. The molecule has 104 valence electrons. The fourth-order valence-electron chi connectivity index (χ4n) is 3.61. The van der Waals surface area contributed by atoms with Crippen LogP contribution in [0.3, 0.4) is 0 Å². The summed E-state index contributed by atoms with van der Waals surface area (Å²) in [4.78, 5) is 0. The molecule has 5 nitrogen and oxygen atoms in total. The van der Waals surface area contributed by atoms with E-state index in [1.165, 1.54) is 0 Å². The summed E-state index contributed by atoms with van der Waals surface area (Å²) in [5, 5.41) is -0.360. The zero-order valence-electron chi connectivity index (χ0n) is 10.7. The van der Waals surface area contributed by atoms with Crippen molar-refractivity contribution in [2.75, 3.05) is 4.61 Å². The standard InChI is InChI=1S/C11H18INO4S/c1-11(2,3)13-8-9(16-5-12)6-4-7(10(8)17-6)18(13,14)15/h6-10H,4-5H2,1-3H3. The first kappa shape index (κ1) is 13.5. The lowest BCUT2D eigenvalue weighted by molar-refractivity contribution is 0.00609. The molecule has 0 aromatic carbocycles. The van der Waals surface area contributed by atoms with Crippen LogP contribution in [0.15, 0.2) is 0 Å². The second-order valence-corrected chi connectivity index (χ2v) is 8.81. The summed E-state index contributed by atoms with van der Waals surface area (Å²) in [7, 11) is -3.26. The van der Waals surface area contributed by atoms with Crippen molar-refractivity contribution in [2.24, 2.45) is 0 Å². The number of fused-ring (bicyclic) bond motifs is 1. The first-order valence-corrected chi connectivity index (χ1v) is 9.18. The third kappa shape index (κ3) is 1.63. The summed E-state index contributed by atoms with van der Waals surface area (Å²) < 4.78 is 39.0. The smallest absolute Gasteiger partial charge is 0.220 e. The Kier molecular flexibility index (Phi) is 3.03. The van der Waals surface area contributed by atoms with Gasteiger partial charge in [-0.3, -0.25) is 0 Å². The Labute approximate surface area is 121 Å². The minimum Gasteiger partial charge on any atom is -0.369 e. The zero-order chi connectivity index (χ0) is 13.3. The number of hydrogen-bond donors (Lipinski definition) is 0. The minimum absolute atomic E-state index is 0.0538. The SMILES string of the molecule is CC(C)(C)N1C2C(OCI)C3CC(C2O3)S1(=O)=O. The highest BCUT2D eigenvalue weighted by atomic mass is 127. The highest BCUT2D eigenvalue weighted by Gasteiger charge is 2.70. The molecule has 7 heteroatoms. The molecule has 18 heavy (non-hydrogen) atoms. The van der Waals surface area contributed by atoms with Gasteiger partial charge in [-0.1, -0.05) is 22.6 Å². The van der Waals surface area contributed by atoms with Gasteiger partial charge in [0.2, 0.25) is 10.0 Å². The van der Waals surface area contributed by atoms with E-state index < -0.39 is 15.6 Å². The number of sulfonamides is 1. The maximum Gasteiger partial charge on any atom is 0.220 e. The van der Waals surface area contributed by atoms with Crippen LogP contribution < -0.4 is 0 Å². The van der Waals surface area contributed by atoms with Crippen LogP contribution in [-0.2, 0) is 19.5 Å². The Morgan fingerprint density at radius 1 is 1.44 bits per heavy atom. The molecule has 0 saturated carbocycles. The van der Waals surface area contributed by atoms with Crippen LogP contribution in [0.4, 0.5) is 0 Å². The molecule has 3 fully saturated rings. The predicted molar refractivity (Wildman–Crippen MR) is 75.1 cm³/mol. The molecule has 0 aromatic rings. The Morgan fingerprint density at radius 3 is 2.67 bits per heavy atom. The van der Waals surface area contributed by atoms with Crippen molar-refractivity contribution in [2.45, 2.75) is 62.3 Å². The number of halogens is 1. The van der Waals surface area contributed by atoms with Gasteiger partial charge in [0, 0.05) is 5.54 Å². The lowest BCUT2D eigenvalue weighted by Crippen LogP contribution is -2.53. The lowest BCUT2D eigenvalue weighted by Gasteiger charge is -2.36. The zero-order valence-corrected chi connectivity index (χ0v) is 13.6. The third-order valence-electron chi connectivity index (χ3n) is 4.05. The first-order valence-electron chi connectivity index (χ1n) is 6.15. The van der Waals surface area contributed by atoms with Gasteiger partial charge in [-0.15, -0.1) is 0 Å². The van der Waals surface area contributed by atoms with Crippen LogP contribution in [0.2, 0.25) is 0 Å². The Morgan fingerprint density at radius 2 is 2.11 bits per heavy atom. The van der Waals surface area contributed by atoms with E-state index in [1.54, 1.807) is 4.31 Å². The van der Waals surface area contributed by atoms with Gasteiger partial charge in [0.05, 0.1) is 22.9 Å². The molecule has 5 atom stereocenters. The summed E-state index contributed by atoms with van der Waals surface area (Å²) in [5.74, 6) is 0. The van der Waals surface area contributed by atoms with Crippen molar-refractivity contribution in [1.82, 2.24) is 4.31 Å². The van der Waals surface area contributed by atoms with E-state index in [4.69, 9.17) is 9.47 Å². The summed E-state index contributed by atoms with van der Waals surface area (Å²) in [5.41, 5.74) is -0.425. The molecule has 3 saturated heterocycles. The van der Waals surface area contributed by atoms with Crippen molar-refractivity contribution >= 4 is 32.6 Å². The van der Waals surface area contributed by atoms with E-state index in [-0.39, 0.29) is 29.6 Å². The molecule has 3 aliphatic rings. The Balaban J connectivity index is 2.05. The topological polar surface area (TPSA) is 55.8 Å². The average molecular weight is 387 g/mol. The highest BCUT2D eigenvalue weighted by Crippen LogP contribution is 2.51.